The van der Waals surface area contributed by atoms with Gasteiger partial charge in [-0.3, -0.25) is 4.79 Å². The Kier molecular flexibility index (Phi) is 4.88. The number of nitrogens with one attached hydrogen (secondary N) is 1. The molecule has 2 atom stereocenters. The molecular weight excluding hydrogens is 281 g/mol. The Balaban J connectivity index is 1.96. The van der Waals surface area contributed by atoms with E-state index in [4.69, 9.17) is 5.73 Å². The molecule has 1 aliphatic rings. The van der Waals surface area contributed by atoms with Crippen molar-refractivity contribution >= 4 is 11.6 Å². The smallest absolute Gasteiger partial charge is 0.327 e. The first-order valence-electron chi connectivity index (χ1n) is 7.09. The van der Waals surface area contributed by atoms with E-state index in [0.717, 1.165) is 37.8 Å². The summed E-state index contributed by atoms with van der Waals surface area (Å²) in [7, 11) is 0. The fraction of sp³-hybridized carbons (Fsp3) is 0.533. The summed E-state index contributed by atoms with van der Waals surface area (Å²) in [6.07, 6.45) is -0.218. The Morgan fingerprint density at radius 3 is 2.67 bits per heavy atom. The summed E-state index contributed by atoms with van der Waals surface area (Å²) in [5, 5.41) is 2.53. The number of hydrogen-bond acceptors (Lipinski definition) is 2. The quantitative estimate of drug-likeness (QED) is 0.897. The van der Waals surface area contributed by atoms with Crippen LogP contribution < -0.4 is 11.1 Å². The highest BCUT2D eigenvalue weighted by Gasteiger charge is 2.30. The van der Waals surface area contributed by atoms with Crippen molar-refractivity contribution in [2.45, 2.75) is 44.3 Å². The van der Waals surface area contributed by atoms with Gasteiger partial charge in [-0.25, -0.2) is 0 Å². The largest absolute Gasteiger partial charge is 0.416 e. The lowest BCUT2D eigenvalue weighted by Gasteiger charge is -2.27. The molecule has 1 aliphatic carbocycles. The van der Waals surface area contributed by atoms with Crippen LogP contribution in [0.5, 0.6) is 0 Å². The second-order valence-corrected chi connectivity index (χ2v) is 5.54. The van der Waals surface area contributed by atoms with Crippen LogP contribution >= 0.6 is 0 Å². The van der Waals surface area contributed by atoms with Gasteiger partial charge in [0.25, 0.3) is 0 Å². The summed E-state index contributed by atoms with van der Waals surface area (Å²) in [5.41, 5.74) is 5.37. The van der Waals surface area contributed by atoms with Crippen molar-refractivity contribution in [1.82, 2.24) is 0 Å². The summed E-state index contributed by atoms with van der Waals surface area (Å²) in [5.74, 6) is -0.166. The number of nitrogens with two attached hydrogens (primary N) is 1. The van der Waals surface area contributed by atoms with Gasteiger partial charge in [-0.1, -0.05) is 18.9 Å². The van der Waals surface area contributed by atoms with E-state index >= 15 is 0 Å². The molecule has 2 unspecified atom stereocenters. The zero-order valence-corrected chi connectivity index (χ0v) is 11.6. The molecule has 1 aromatic rings. The summed E-state index contributed by atoms with van der Waals surface area (Å²) >= 11 is 0. The van der Waals surface area contributed by atoms with Crippen LogP contribution in [0.4, 0.5) is 18.9 Å². The van der Waals surface area contributed by atoms with Crippen LogP contribution in [0.25, 0.3) is 0 Å². The number of carbonyl (C=O) groups is 1. The SMILES string of the molecule is NC1CCCCC1CC(=O)Nc1cccc(C(F)(F)F)c1. The summed E-state index contributed by atoms with van der Waals surface area (Å²) in [6.45, 7) is 0. The Bertz CT molecular complexity index is 502. The maximum atomic E-state index is 12.6. The van der Waals surface area contributed by atoms with Crippen LogP contribution in [0, 0.1) is 5.92 Å². The second kappa shape index (κ2) is 6.47. The van der Waals surface area contributed by atoms with Gasteiger partial charge >= 0.3 is 6.18 Å². The molecule has 0 aliphatic heterocycles. The number of halogens is 3. The summed E-state index contributed by atoms with van der Waals surface area (Å²) in [4.78, 5) is 11.9. The van der Waals surface area contributed by atoms with E-state index in [2.05, 4.69) is 5.32 Å². The van der Waals surface area contributed by atoms with Crippen LogP contribution in [0.3, 0.4) is 0 Å². The highest BCUT2D eigenvalue weighted by atomic mass is 19.4. The van der Waals surface area contributed by atoms with Crippen molar-refractivity contribution in [3.63, 3.8) is 0 Å². The van der Waals surface area contributed by atoms with E-state index < -0.39 is 11.7 Å². The van der Waals surface area contributed by atoms with Gasteiger partial charge in [0.2, 0.25) is 5.91 Å². The highest BCUT2D eigenvalue weighted by molar-refractivity contribution is 5.91. The molecule has 0 aromatic heterocycles. The lowest BCUT2D eigenvalue weighted by Crippen LogP contribution is -2.35. The van der Waals surface area contributed by atoms with Crippen molar-refractivity contribution in [2.24, 2.45) is 11.7 Å². The minimum absolute atomic E-state index is 0.00556. The average Bonchev–Trinajstić information content (AvgIpc) is 2.41. The molecule has 116 valence electrons. The minimum atomic E-state index is -4.41. The first-order chi connectivity index (χ1) is 9.86. The zero-order chi connectivity index (χ0) is 15.5. The molecule has 0 spiro atoms. The third-order valence-corrected chi connectivity index (χ3v) is 3.89. The Morgan fingerprint density at radius 1 is 1.29 bits per heavy atom. The third kappa shape index (κ3) is 4.46. The predicted molar refractivity (Wildman–Crippen MR) is 74.6 cm³/mol. The molecule has 1 fully saturated rings. The van der Waals surface area contributed by atoms with Gasteiger partial charge in [0, 0.05) is 18.2 Å². The molecule has 0 heterocycles. The zero-order valence-electron chi connectivity index (χ0n) is 11.6. The number of benzene rings is 1. The van der Waals surface area contributed by atoms with Gasteiger partial charge < -0.3 is 11.1 Å². The van der Waals surface area contributed by atoms with E-state index in [1.165, 1.54) is 12.1 Å². The topological polar surface area (TPSA) is 55.1 Å². The molecule has 3 N–H and O–H groups in total. The second-order valence-electron chi connectivity index (χ2n) is 5.54. The molecule has 1 saturated carbocycles. The highest BCUT2D eigenvalue weighted by Crippen LogP contribution is 2.31. The van der Waals surface area contributed by atoms with E-state index in [1.807, 2.05) is 0 Å². The van der Waals surface area contributed by atoms with Crippen LogP contribution in [0.2, 0.25) is 0 Å². The molecule has 6 heteroatoms. The van der Waals surface area contributed by atoms with Gasteiger partial charge in [-0.2, -0.15) is 13.2 Å². The molecule has 2 rings (SSSR count). The van der Waals surface area contributed by atoms with E-state index in [0.29, 0.717) is 0 Å². The molecule has 1 aromatic carbocycles. The Labute approximate surface area is 121 Å². The molecule has 0 radical (unpaired) electrons. The number of anilines is 1. The van der Waals surface area contributed by atoms with Crippen LogP contribution in [0.1, 0.15) is 37.7 Å². The fourth-order valence-electron chi connectivity index (χ4n) is 2.71. The lowest BCUT2D eigenvalue weighted by molar-refractivity contribution is -0.137. The summed E-state index contributed by atoms with van der Waals surface area (Å²) < 4.78 is 37.8. The molecule has 0 saturated heterocycles. The Morgan fingerprint density at radius 2 is 2.00 bits per heavy atom. The monoisotopic (exact) mass is 300 g/mol. The van der Waals surface area contributed by atoms with Crippen molar-refractivity contribution < 1.29 is 18.0 Å². The molecule has 21 heavy (non-hydrogen) atoms. The van der Waals surface area contributed by atoms with Crippen LogP contribution in [-0.2, 0) is 11.0 Å². The third-order valence-electron chi connectivity index (χ3n) is 3.89. The van der Waals surface area contributed by atoms with Crippen LogP contribution in [0.15, 0.2) is 24.3 Å². The van der Waals surface area contributed by atoms with Crippen molar-refractivity contribution in [3.05, 3.63) is 29.8 Å². The first kappa shape index (κ1) is 15.8. The van der Waals surface area contributed by atoms with Gasteiger partial charge in [0.15, 0.2) is 0 Å². The molecule has 0 bridgehead atoms. The maximum absolute atomic E-state index is 12.6. The normalized spacial score (nSPS) is 22.9. The molecule has 1 amide bonds. The number of alkyl halides is 3. The molecular formula is C15H19F3N2O. The summed E-state index contributed by atoms with van der Waals surface area (Å²) in [6, 6.07) is 4.66. The standard InChI is InChI=1S/C15H19F3N2O/c16-15(17,18)11-5-3-6-12(9-11)20-14(21)8-10-4-1-2-7-13(10)19/h3,5-6,9-10,13H,1-2,4,7-8,19H2,(H,20,21). The minimum Gasteiger partial charge on any atom is -0.327 e. The van der Waals surface area contributed by atoms with E-state index in [1.54, 1.807) is 0 Å². The number of hydrogen-bond donors (Lipinski definition) is 2. The van der Waals surface area contributed by atoms with Gasteiger partial charge in [0.1, 0.15) is 0 Å². The fourth-order valence-corrected chi connectivity index (χ4v) is 2.71. The van der Waals surface area contributed by atoms with Gasteiger partial charge in [-0.15, -0.1) is 0 Å². The van der Waals surface area contributed by atoms with Crippen LogP contribution in [-0.4, -0.2) is 11.9 Å². The maximum Gasteiger partial charge on any atom is 0.416 e. The van der Waals surface area contributed by atoms with Crippen molar-refractivity contribution in [3.8, 4) is 0 Å². The van der Waals surface area contributed by atoms with Crippen molar-refractivity contribution in [2.75, 3.05) is 5.32 Å². The van der Waals surface area contributed by atoms with Gasteiger partial charge in [0.05, 0.1) is 5.56 Å². The van der Waals surface area contributed by atoms with E-state index in [-0.39, 0.29) is 30.0 Å². The van der Waals surface area contributed by atoms with Gasteiger partial charge in [-0.05, 0) is 37.0 Å². The van der Waals surface area contributed by atoms with Crippen molar-refractivity contribution in [1.29, 1.82) is 0 Å². The first-order valence-corrected chi connectivity index (χ1v) is 7.09. The lowest BCUT2D eigenvalue weighted by atomic mass is 9.83. The predicted octanol–water partition coefficient (Wildman–Crippen LogP) is 3.55. The number of carbonyl (C=O) groups excluding carboxylic acids is 1. The number of rotatable bonds is 3. The Hall–Kier alpha value is -1.56. The van der Waals surface area contributed by atoms with E-state index in [9.17, 15) is 18.0 Å². The average molecular weight is 300 g/mol. The number of amides is 1. The molecule has 3 nitrogen and oxygen atoms in total.